The van der Waals surface area contributed by atoms with Gasteiger partial charge in [-0.25, -0.2) is 0 Å². The molecule has 0 saturated carbocycles. The van der Waals surface area contributed by atoms with Crippen LogP contribution in [0.5, 0.6) is 28.7 Å². The zero-order valence-electron chi connectivity index (χ0n) is 29.2. The van der Waals surface area contributed by atoms with Gasteiger partial charge in [0.15, 0.2) is 17.3 Å². The van der Waals surface area contributed by atoms with Gasteiger partial charge in [-0.15, -0.1) is 0 Å². The molecule has 0 bridgehead atoms. The van der Waals surface area contributed by atoms with E-state index in [-0.39, 0.29) is 22.6 Å². The van der Waals surface area contributed by atoms with Crippen molar-refractivity contribution >= 4 is 11.0 Å². The molecular formula is C34H42O22. The van der Waals surface area contributed by atoms with Crippen LogP contribution in [-0.2, 0) is 14.2 Å². The van der Waals surface area contributed by atoms with Gasteiger partial charge in [0.2, 0.25) is 30.0 Å². The van der Waals surface area contributed by atoms with Crippen LogP contribution >= 0.6 is 0 Å². The summed E-state index contributed by atoms with van der Waals surface area (Å²) in [6, 6.07) is 5.74. The topological polar surface area (TPSA) is 358 Å². The van der Waals surface area contributed by atoms with E-state index in [0.29, 0.717) is 0 Å². The molecule has 13 N–H and O–H groups in total. The van der Waals surface area contributed by atoms with Crippen LogP contribution in [0.1, 0.15) is 0 Å². The maximum atomic E-state index is 14.1. The smallest absolute Gasteiger partial charge is 0.239 e. The first kappa shape index (κ1) is 41.7. The van der Waals surface area contributed by atoms with Crippen LogP contribution < -0.4 is 24.4 Å². The molecule has 4 heterocycles. The Balaban J connectivity index is 1.50. The van der Waals surface area contributed by atoms with Crippen molar-refractivity contribution in [2.24, 2.45) is 0 Å². The summed E-state index contributed by atoms with van der Waals surface area (Å²) in [6.07, 6.45) is -26.9. The van der Waals surface area contributed by atoms with Gasteiger partial charge in [-0.1, -0.05) is 0 Å². The summed E-state index contributed by atoms with van der Waals surface area (Å²) in [5.41, 5.74) is -1.51. The number of ether oxygens (including phenoxy) is 7. The van der Waals surface area contributed by atoms with Crippen LogP contribution in [0.4, 0.5) is 0 Å². The molecule has 22 heteroatoms. The largest absolute Gasteiger partial charge is 0.507 e. The molecule has 3 aliphatic rings. The first-order valence-corrected chi connectivity index (χ1v) is 17.1. The van der Waals surface area contributed by atoms with Gasteiger partial charge < -0.3 is 104 Å². The number of rotatable bonds is 11. The number of phenolic OH excluding ortho intramolecular Hbond substituents is 1. The Morgan fingerprint density at radius 1 is 0.589 bits per heavy atom. The van der Waals surface area contributed by atoms with Gasteiger partial charge >= 0.3 is 0 Å². The van der Waals surface area contributed by atoms with Gasteiger partial charge in [0.25, 0.3) is 0 Å². The predicted octanol–water partition coefficient (Wildman–Crippen LogP) is -5.29. The molecule has 3 saturated heterocycles. The number of hydrogen-bond donors (Lipinski definition) is 13. The molecule has 310 valence electrons. The molecule has 1 aromatic heterocycles. The molecular weight excluding hydrogens is 760 g/mol. The van der Waals surface area contributed by atoms with E-state index in [0.717, 1.165) is 18.2 Å². The summed E-state index contributed by atoms with van der Waals surface area (Å²) in [6.45, 7) is -2.49. The lowest BCUT2D eigenvalue weighted by Gasteiger charge is -2.41. The van der Waals surface area contributed by atoms with Crippen molar-refractivity contribution in [3.05, 3.63) is 40.6 Å². The number of phenols is 1. The molecule has 22 nitrogen and oxygen atoms in total. The van der Waals surface area contributed by atoms with Crippen molar-refractivity contribution in [2.45, 2.75) is 92.1 Å². The fraction of sp³-hybridized carbons (Fsp3) is 0.559. The van der Waals surface area contributed by atoms with Gasteiger partial charge in [-0.2, -0.15) is 0 Å². The van der Waals surface area contributed by atoms with Gasteiger partial charge in [-0.3, -0.25) is 4.79 Å². The molecule has 15 atom stereocenters. The van der Waals surface area contributed by atoms with E-state index in [4.69, 9.17) is 37.6 Å². The highest BCUT2D eigenvalue weighted by Gasteiger charge is 2.48. The Hall–Kier alpha value is -3.95. The van der Waals surface area contributed by atoms with E-state index in [2.05, 4.69) is 0 Å². The van der Waals surface area contributed by atoms with Crippen LogP contribution in [0.25, 0.3) is 22.3 Å². The Morgan fingerprint density at radius 2 is 1.05 bits per heavy atom. The lowest BCUT2D eigenvalue weighted by atomic mass is 9.99. The number of aliphatic hydroxyl groups is 12. The van der Waals surface area contributed by atoms with Crippen molar-refractivity contribution in [3.8, 4) is 40.1 Å². The van der Waals surface area contributed by atoms with Gasteiger partial charge in [0, 0.05) is 17.7 Å². The fourth-order valence-electron chi connectivity index (χ4n) is 6.37. The lowest BCUT2D eigenvalue weighted by Crippen LogP contribution is -2.60. The second kappa shape index (κ2) is 16.9. The fourth-order valence-corrected chi connectivity index (χ4v) is 6.37. The maximum Gasteiger partial charge on any atom is 0.239 e. The first-order valence-electron chi connectivity index (χ1n) is 17.1. The van der Waals surface area contributed by atoms with Crippen molar-refractivity contribution in [3.63, 3.8) is 0 Å². The molecule has 3 aromatic rings. The minimum Gasteiger partial charge on any atom is -0.507 e. The van der Waals surface area contributed by atoms with E-state index in [1.807, 2.05) is 0 Å². The van der Waals surface area contributed by atoms with E-state index < -0.39 is 146 Å². The SMILES string of the molecule is COc1cc(O)c2c(=O)c(O[C@@H]3O[C@H](CO)[C@H](O)[C@H](O)[C@H]3O)c(-c3ccc(O[C@@H]4O[C@H](CO)[C@@H](O)[C@H](O)[C@H]4O)c(O[C@@H]4O[C@H](CO)[C@@H](O)[C@H](O)[C@H]4O)c3)oc2c1. The zero-order chi connectivity index (χ0) is 40.7. The summed E-state index contributed by atoms with van der Waals surface area (Å²) in [5, 5.41) is 134. The summed E-state index contributed by atoms with van der Waals surface area (Å²) in [4.78, 5) is 14.1. The highest BCUT2D eigenvalue weighted by Crippen LogP contribution is 2.42. The number of aliphatic hydroxyl groups excluding tert-OH is 12. The number of aromatic hydroxyl groups is 1. The average Bonchev–Trinajstić information content (AvgIpc) is 3.19. The maximum absolute atomic E-state index is 14.1. The summed E-state index contributed by atoms with van der Waals surface area (Å²) in [5.74, 6) is -2.71. The molecule has 0 spiro atoms. The first-order chi connectivity index (χ1) is 26.6. The van der Waals surface area contributed by atoms with E-state index in [9.17, 15) is 71.2 Å². The average molecular weight is 803 g/mol. The third-order valence-corrected chi connectivity index (χ3v) is 9.61. The van der Waals surface area contributed by atoms with Crippen molar-refractivity contribution in [1.82, 2.24) is 0 Å². The van der Waals surface area contributed by atoms with E-state index >= 15 is 0 Å². The van der Waals surface area contributed by atoms with E-state index in [1.54, 1.807) is 0 Å². The third-order valence-electron chi connectivity index (χ3n) is 9.61. The molecule has 3 fully saturated rings. The second-order valence-electron chi connectivity index (χ2n) is 13.2. The second-order valence-corrected chi connectivity index (χ2v) is 13.2. The minimum absolute atomic E-state index is 0.0432. The van der Waals surface area contributed by atoms with Gasteiger partial charge in [0.05, 0.1) is 26.9 Å². The molecule has 0 aliphatic carbocycles. The normalized spacial score (nSPS) is 36.3. The zero-order valence-corrected chi connectivity index (χ0v) is 29.2. The molecule has 0 radical (unpaired) electrons. The Bertz CT molecular complexity index is 1880. The number of benzene rings is 2. The van der Waals surface area contributed by atoms with Crippen LogP contribution in [0.15, 0.2) is 39.5 Å². The number of hydrogen-bond acceptors (Lipinski definition) is 22. The van der Waals surface area contributed by atoms with Crippen molar-refractivity contribution < 1.29 is 104 Å². The molecule has 56 heavy (non-hydrogen) atoms. The highest BCUT2D eigenvalue weighted by molar-refractivity contribution is 5.88. The third kappa shape index (κ3) is 7.70. The molecule has 6 rings (SSSR count). The summed E-state index contributed by atoms with van der Waals surface area (Å²) >= 11 is 0. The van der Waals surface area contributed by atoms with Gasteiger partial charge in [-0.05, 0) is 18.2 Å². The van der Waals surface area contributed by atoms with Crippen molar-refractivity contribution in [2.75, 3.05) is 26.9 Å². The molecule has 2 aromatic carbocycles. The molecule has 3 aliphatic heterocycles. The van der Waals surface area contributed by atoms with Crippen LogP contribution in [-0.4, -0.2) is 185 Å². The Labute approximate surface area is 314 Å². The monoisotopic (exact) mass is 802 g/mol. The summed E-state index contributed by atoms with van der Waals surface area (Å²) < 4.78 is 45.0. The molecule has 0 amide bonds. The number of fused-ring (bicyclic) bond motifs is 1. The van der Waals surface area contributed by atoms with Gasteiger partial charge in [0.1, 0.15) is 95.7 Å². The van der Waals surface area contributed by atoms with Crippen LogP contribution in [0, 0.1) is 0 Å². The van der Waals surface area contributed by atoms with Crippen molar-refractivity contribution in [1.29, 1.82) is 0 Å². The Kier molecular flexibility index (Phi) is 12.6. The highest BCUT2D eigenvalue weighted by atomic mass is 16.7. The minimum atomic E-state index is -2.01. The quantitative estimate of drug-likeness (QED) is 0.0861. The van der Waals surface area contributed by atoms with Crippen LogP contribution in [0.3, 0.4) is 0 Å². The molecule has 0 unspecified atom stereocenters. The summed E-state index contributed by atoms with van der Waals surface area (Å²) in [7, 11) is 1.27. The lowest BCUT2D eigenvalue weighted by molar-refractivity contribution is -0.282. The predicted molar refractivity (Wildman–Crippen MR) is 179 cm³/mol. The number of methoxy groups -OCH3 is 1. The standard InChI is InChI=1S/C34H42O22/c1-49-11-5-12(38)19-15(6-11)50-30(31(23(19)42)56-34-29(48)26(45)22(41)18(9-37)55-34)10-2-3-13(51-32-27(46)24(43)20(39)16(7-35)53-32)14(4-10)52-33-28(47)25(44)21(40)17(8-36)54-33/h2-6,16-18,20-22,24-29,32-41,43-48H,7-9H2,1H3/t16-,17-,18-,20-,21-,22+,24+,25+,26+,27-,28-,29-,32-,33-,34+/m1/s1. The van der Waals surface area contributed by atoms with E-state index in [1.165, 1.54) is 19.2 Å². The Morgan fingerprint density at radius 3 is 1.52 bits per heavy atom. The van der Waals surface area contributed by atoms with Crippen LogP contribution in [0.2, 0.25) is 0 Å².